The molecule has 1 aliphatic heterocycles. The number of hydrogen-bond donors (Lipinski definition) is 1. The first kappa shape index (κ1) is 20.8. The van der Waals surface area contributed by atoms with Crippen LogP contribution < -0.4 is 14.8 Å². The minimum Gasteiger partial charge on any atom is -0.493 e. The number of amides is 2. The molecular formula is C22H28N2O5. The van der Waals surface area contributed by atoms with Crippen molar-refractivity contribution in [2.45, 2.75) is 32.7 Å². The highest BCUT2D eigenvalue weighted by molar-refractivity contribution is 5.94. The van der Waals surface area contributed by atoms with E-state index in [0.29, 0.717) is 36.8 Å². The number of benzene rings is 1. The Morgan fingerprint density at radius 1 is 1.31 bits per heavy atom. The normalized spacial score (nSPS) is 17.5. The van der Waals surface area contributed by atoms with E-state index in [2.05, 4.69) is 5.32 Å². The van der Waals surface area contributed by atoms with Crippen LogP contribution in [0.5, 0.6) is 11.5 Å². The molecule has 3 rings (SSSR count). The van der Waals surface area contributed by atoms with Crippen molar-refractivity contribution in [2.75, 3.05) is 26.8 Å². The van der Waals surface area contributed by atoms with Gasteiger partial charge in [-0.2, -0.15) is 0 Å². The molecule has 1 aliphatic rings. The molecule has 2 unspecified atom stereocenters. The lowest BCUT2D eigenvalue weighted by atomic mass is 9.96. The quantitative estimate of drug-likeness (QED) is 0.770. The highest BCUT2D eigenvalue weighted by Crippen LogP contribution is 2.30. The van der Waals surface area contributed by atoms with Gasteiger partial charge in [0.05, 0.1) is 37.5 Å². The lowest BCUT2D eigenvalue weighted by Crippen LogP contribution is -2.45. The Hall–Kier alpha value is -2.96. The summed E-state index contributed by atoms with van der Waals surface area (Å²) >= 11 is 0. The number of methoxy groups -OCH3 is 1. The molecule has 0 radical (unpaired) electrons. The first-order valence-corrected chi connectivity index (χ1v) is 9.96. The van der Waals surface area contributed by atoms with E-state index in [1.54, 1.807) is 18.1 Å². The fourth-order valence-corrected chi connectivity index (χ4v) is 3.59. The van der Waals surface area contributed by atoms with Crippen LogP contribution in [0.2, 0.25) is 0 Å². The average Bonchev–Trinajstić information content (AvgIpc) is 3.28. The van der Waals surface area contributed by atoms with Crippen molar-refractivity contribution < 1.29 is 23.5 Å². The van der Waals surface area contributed by atoms with E-state index in [9.17, 15) is 9.59 Å². The lowest BCUT2D eigenvalue weighted by Gasteiger charge is -2.32. The Morgan fingerprint density at radius 3 is 2.83 bits per heavy atom. The monoisotopic (exact) mass is 400 g/mol. The summed E-state index contributed by atoms with van der Waals surface area (Å²) in [5.74, 6) is 0.945. The minimum absolute atomic E-state index is 0.0463. The molecule has 1 saturated heterocycles. The Bertz CT molecular complexity index is 834. The third-order valence-electron chi connectivity index (χ3n) is 5.19. The second kappa shape index (κ2) is 9.49. The van der Waals surface area contributed by atoms with Crippen LogP contribution in [0.3, 0.4) is 0 Å². The van der Waals surface area contributed by atoms with Gasteiger partial charge < -0.3 is 24.1 Å². The number of carbonyl (C=O) groups is 2. The Labute approximate surface area is 171 Å². The molecule has 156 valence electrons. The summed E-state index contributed by atoms with van der Waals surface area (Å²) in [7, 11) is 1.60. The summed E-state index contributed by atoms with van der Waals surface area (Å²) in [6.45, 7) is 5.47. The van der Waals surface area contributed by atoms with E-state index >= 15 is 0 Å². The van der Waals surface area contributed by atoms with Gasteiger partial charge in [0.1, 0.15) is 6.26 Å². The van der Waals surface area contributed by atoms with Crippen LogP contribution in [0.15, 0.2) is 41.2 Å². The van der Waals surface area contributed by atoms with Crippen LogP contribution in [0, 0.1) is 5.92 Å². The molecule has 1 fully saturated rings. The maximum absolute atomic E-state index is 12.8. The molecule has 2 heterocycles. The molecular weight excluding hydrogens is 372 g/mol. The molecule has 29 heavy (non-hydrogen) atoms. The summed E-state index contributed by atoms with van der Waals surface area (Å²) in [5.41, 5.74) is 1.45. The highest BCUT2D eigenvalue weighted by Gasteiger charge is 2.30. The molecule has 0 saturated carbocycles. The van der Waals surface area contributed by atoms with E-state index < -0.39 is 0 Å². The predicted molar refractivity (Wildman–Crippen MR) is 108 cm³/mol. The van der Waals surface area contributed by atoms with Crippen LogP contribution in [-0.2, 0) is 4.79 Å². The lowest BCUT2D eigenvalue weighted by molar-refractivity contribution is -0.127. The second-order valence-corrected chi connectivity index (χ2v) is 7.18. The van der Waals surface area contributed by atoms with Gasteiger partial charge in [-0.25, -0.2) is 0 Å². The van der Waals surface area contributed by atoms with E-state index in [0.717, 1.165) is 18.4 Å². The SMILES string of the molecule is CCOc1ccc(C(C)NC(=O)C2CCCN(C(=O)c3ccoc3)C2)cc1OC. The first-order valence-electron chi connectivity index (χ1n) is 9.96. The molecule has 0 spiro atoms. The molecule has 1 aromatic heterocycles. The zero-order valence-corrected chi connectivity index (χ0v) is 17.1. The fraction of sp³-hybridized carbons (Fsp3) is 0.455. The third-order valence-corrected chi connectivity index (χ3v) is 5.19. The molecule has 0 bridgehead atoms. The largest absolute Gasteiger partial charge is 0.493 e. The van der Waals surface area contributed by atoms with E-state index in [1.165, 1.54) is 12.5 Å². The van der Waals surface area contributed by atoms with Crippen LogP contribution in [-0.4, -0.2) is 43.5 Å². The van der Waals surface area contributed by atoms with Gasteiger partial charge in [-0.1, -0.05) is 6.07 Å². The van der Waals surface area contributed by atoms with Gasteiger partial charge in [-0.15, -0.1) is 0 Å². The number of ether oxygens (including phenoxy) is 2. The second-order valence-electron chi connectivity index (χ2n) is 7.18. The summed E-state index contributed by atoms with van der Waals surface area (Å²) in [5, 5.41) is 3.07. The standard InChI is InChI=1S/C22H28N2O5/c1-4-29-19-8-7-16(12-20(19)27-3)15(2)23-21(25)17-6-5-10-24(13-17)22(26)18-9-11-28-14-18/h7-9,11-12,14-15,17H,4-6,10,13H2,1-3H3,(H,23,25). The number of rotatable bonds is 7. The smallest absolute Gasteiger partial charge is 0.257 e. The molecule has 1 N–H and O–H groups in total. The summed E-state index contributed by atoms with van der Waals surface area (Å²) in [6.07, 6.45) is 4.48. The number of piperidine rings is 1. The average molecular weight is 400 g/mol. The molecule has 7 nitrogen and oxygen atoms in total. The van der Waals surface area contributed by atoms with Crippen LogP contribution in [0.4, 0.5) is 0 Å². The highest BCUT2D eigenvalue weighted by atomic mass is 16.5. The van der Waals surface area contributed by atoms with Crippen molar-refractivity contribution in [3.8, 4) is 11.5 Å². The molecule has 2 atom stereocenters. The van der Waals surface area contributed by atoms with E-state index in [4.69, 9.17) is 13.9 Å². The minimum atomic E-state index is -0.230. The van der Waals surface area contributed by atoms with E-state index in [1.807, 2.05) is 32.0 Å². The van der Waals surface area contributed by atoms with Crippen LogP contribution >= 0.6 is 0 Å². The number of carbonyl (C=O) groups excluding carboxylic acids is 2. The Balaban J connectivity index is 1.62. The number of nitrogens with zero attached hydrogens (tertiary/aromatic N) is 1. The zero-order valence-electron chi connectivity index (χ0n) is 17.1. The van der Waals surface area contributed by atoms with Crippen molar-refractivity contribution in [3.63, 3.8) is 0 Å². The number of furan rings is 1. The van der Waals surface area contributed by atoms with Crippen molar-refractivity contribution in [2.24, 2.45) is 5.92 Å². The van der Waals surface area contributed by atoms with Gasteiger partial charge in [-0.3, -0.25) is 9.59 Å². The van der Waals surface area contributed by atoms with Gasteiger partial charge in [0.2, 0.25) is 5.91 Å². The van der Waals surface area contributed by atoms with Crippen molar-refractivity contribution in [1.29, 1.82) is 0 Å². The first-order chi connectivity index (χ1) is 14.0. The molecule has 1 aromatic carbocycles. The van der Waals surface area contributed by atoms with Crippen molar-refractivity contribution in [1.82, 2.24) is 10.2 Å². The van der Waals surface area contributed by atoms with Gasteiger partial charge in [0.25, 0.3) is 5.91 Å². The number of likely N-dealkylation sites (tertiary alicyclic amines) is 1. The topological polar surface area (TPSA) is 81.0 Å². The summed E-state index contributed by atoms with van der Waals surface area (Å²) in [6, 6.07) is 7.12. The molecule has 7 heteroatoms. The summed E-state index contributed by atoms with van der Waals surface area (Å²) in [4.78, 5) is 27.1. The third kappa shape index (κ3) is 4.91. The van der Waals surface area contributed by atoms with Gasteiger partial charge in [0.15, 0.2) is 11.5 Å². The van der Waals surface area contributed by atoms with Gasteiger partial charge in [0, 0.05) is 13.1 Å². The Morgan fingerprint density at radius 2 is 2.14 bits per heavy atom. The van der Waals surface area contributed by atoms with Crippen molar-refractivity contribution in [3.05, 3.63) is 47.9 Å². The fourth-order valence-electron chi connectivity index (χ4n) is 3.59. The predicted octanol–water partition coefficient (Wildman–Crippen LogP) is 3.42. The summed E-state index contributed by atoms with van der Waals surface area (Å²) < 4.78 is 15.9. The van der Waals surface area contributed by atoms with Crippen LogP contribution in [0.25, 0.3) is 0 Å². The molecule has 0 aliphatic carbocycles. The maximum Gasteiger partial charge on any atom is 0.257 e. The maximum atomic E-state index is 12.8. The number of nitrogens with one attached hydrogen (secondary N) is 1. The number of hydrogen-bond acceptors (Lipinski definition) is 5. The van der Waals surface area contributed by atoms with E-state index in [-0.39, 0.29) is 23.8 Å². The van der Waals surface area contributed by atoms with Crippen LogP contribution in [0.1, 0.15) is 48.7 Å². The van der Waals surface area contributed by atoms with Gasteiger partial charge in [-0.05, 0) is 50.5 Å². The Kier molecular flexibility index (Phi) is 6.80. The zero-order chi connectivity index (χ0) is 20.8. The molecule has 2 aromatic rings. The van der Waals surface area contributed by atoms with Crippen molar-refractivity contribution >= 4 is 11.8 Å². The molecule has 2 amide bonds. The van der Waals surface area contributed by atoms with Gasteiger partial charge >= 0.3 is 0 Å².